The number of nitro groups is 1. The highest BCUT2D eigenvalue weighted by Crippen LogP contribution is 2.24. The predicted octanol–water partition coefficient (Wildman–Crippen LogP) is 3.37. The number of carbonyl (C=O) groups excluding carboxylic acids is 2. The van der Waals surface area contributed by atoms with Gasteiger partial charge in [-0.1, -0.05) is 43.5 Å². The normalized spacial score (nSPS) is 15.0. The molecule has 10 nitrogen and oxygen atoms in total. The van der Waals surface area contributed by atoms with Gasteiger partial charge in [-0.05, 0) is 31.9 Å². The Balaban J connectivity index is 1.91. The van der Waals surface area contributed by atoms with E-state index in [1.807, 2.05) is 0 Å². The largest absolute Gasteiger partial charge is 0.352 e. The third-order valence-corrected chi connectivity index (χ3v) is 7.57. The average molecular weight is 535 g/mol. The number of carbonyl (C=O) groups is 2. The molecule has 0 saturated heterocycles. The van der Waals surface area contributed by atoms with Crippen molar-refractivity contribution in [2.45, 2.75) is 57.7 Å². The van der Waals surface area contributed by atoms with E-state index in [1.165, 1.54) is 43.3 Å². The highest BCUT2D eigenvalue weighted by Gasteiger charge is 2.32. The number of nitro benzene ring substituents is 1. The minimum Gasteiger partial charge on any atom is -0.352 e. The lowest BCUT2D eigenvalue weighted by Crippen LogP contribution is -2.53. The van der Waals surface area contributed by atoms with Gasteiger partial charge in [0.1, 0.15) is 18.4 Å². The van der Waals surface area contributed by atoms with Gasteiger partial charge in [0.05, 0.1) is 16.9 Å². The maximum atomic E-state index is 14.5. The maximum absolute atomic E-state index is 14.5. The average Bonchev–Trinajstić information content (AvgIpc) is 2.86. The van der Waals surface area contributed by atoms with Gasteiger partial charge >= 0.3 is 0 Å². The maximum Gasteiger partial charge on any atom is 0.271 e. The molecule has 37 heavy (non-hydrogen) atoms. The summed E-state index contributed by atoms with van der Waals surface area (Å²) in [5.41, 5.74) is -0.258. The molecule has 0 heterocycles. The monoisotopic (exact) mass is 534 g/mol. The fourth-order valence-corrected chi connectivity index (χ4v) is 5.18. The van der Waals surface area contributed by atoms with E-state index in [0.29, 0.717) is 0 Å². The van der Waals surface area contributed by atoms with Crippen molar-refractivity contribution in [3.63, 3.8) is 0 Å². The van der Waals surface area contributed by atoms with Crippen LogP contribution in [0.4, 0.5) is 15.8 Å². The molecule has 0 aliphatic heterocycles. The van der Waals surface area contributed by atoms with Gasteiger partial charge in [0, 0.05) is 30.3 Å². The van der Waals surface area contributed by atoms with E-state index in [-0.39, 0.29) is 29.5 Å². The van der Waals surface area contributed by atoms with Crippen LogP contribution < -0.4 is 9.62 Å². The molecule has 12 heteroatoms. The number of hydrogen-bond acceptors (Lipinski definition) is 6. The van der Waals surface area contributed by atoms with Crippen molar-refractivity contribution in [3.05, 3.63) is 70.0 Å². The number of benzene rings is 2. The fourth-order valence-electron chi connectivity index (χ4n) is 4.34. The summed E-state index contributed by atoms with van der Waals surface area (Å²) in [5, 5.41) is 14.2. The Morgan fingerprint density at radius 2 is 1.81 bits per heavy atom. The molecule has 0 spiro atoms. The second-order valence-electron chi connectivity index (χ2n) is 9.18. The van der Waals surface area contributed by atoms with Crippen LogP contribution in [0, 0.1) is 15.9 Å². The van der Waals surface area contributed by atoms with Gasteiger partial charge in [0.15, 0.2) is 0 Å². The van der Waals surface area contributed by atoms with Crippen LogP contribution in [0.25, 0.3) is 0 Å². The predicted molar refractivity (Wildman–Crippen MR) is 137 cm³/mol. The summed E-state index contributed by atoms with van der Waals surface area (Å²) in [6.45, 7) is 0.516. The van der Waals surface area contributed by atoms with Crippen molar-refractivity contribution in [1.29, 1.82) is 0 Å². The van der Waals surface area contributed by atoms with Crippen molar-refractivity contribution >= 4 is 33.2 Å². The van der Waals surface area contributed by atoms with Crippen LogP contribution in [0.1, 0.15) is 44.6 Å². The second kappa shape index (κ2) is 12.1. The molecule has 0 aromatic heterocycles. The quantitative estimate of drug-likeness (QED) is 0.368. The lowest BCUT2D eigenvalue weighted by atomic mass is 9.95. The first kappa shape index (κ1) is 28.0. The van der Waals surface area contributed by atoms with Crippen LogP contribution in [-0.4, -0.2) is 54.9 Å². The van der Waals surface area contributed by atoms with Gasteiger partial charge in [-0.3, -0.25) is 24.0 Å². The minimum absolute atomic E-state index is 0.0218. The van der Waals surface area contributed by atoms with E-state index in [4.69, 9.17) is 0 Å². The molecule has 0 unspecified atom stereocenters. The zero-order valence-electron chi connectivity index (χ0n) is 20.8. The Morgan fingerprint density at radius 1 is 1.14 bits per heavy atom. The Morgan fingerprint density at radius 3 is 2.43 bits per heavy atom. The molecular formula is C25H31FN4O6S. The van der Waals surface area contributed by atoms with Crippen molar-refractivity contribution in [2.75, 3.05) is 17.1 Å². The molecule has 200 valence electrons. The van der Waals surface area contributed by atoms with E-state index in [9.17, 15) is 32.5 Å². The van der Waals surface area contributed by atoms with Crippen molar-refractivity contribution in [3.8, 4) is 0 Å². The minimum atomic E-state index is -4.05. The third-order valence-electron chi connectivity index (χ3n) is 6.43. The lowest BCUT2D eigenvalue weighted by molar-refractivity contribution is -0.384. The van der Waals surface area contributed by atoms with E-state index < -0.39 is 45.2 Å². The van der Waals surface area contributed by atoms with Gasteiger partial charge in [-0.2, -0.15) is 0 Å². The van der Waals surface area contributed by atoms with Crippen LogP contribution in [0.3, 0.4) is 0 Å². The van der Waals surface area contributed by atoms with Crippen LogP contribution >= 0.6 is 0 Å². The number of halogens is 1. The van der Waals surface area contributed by atoms with Crippen LogP contribution in [-0.2, 0) is 26.2 Å². The molecule has 2 aromatic carbocycles. The zero-order chi connectivity index (χ0) is 27.2. The summed E-state index contributed by atoms with van der Waals surface area (Å²) >= 11 is 0. The van der Waals surface area contributed by atoms with Gasteiger partial charge in [-0.25, -0.2) is 12.8 Å². The molecule has 1 saturated carbocycles. The molecule has 2 aromatic rings. The molecule has 1 N–H and O–H groups in total. The SMILES string of the molecule is C[C@@H](C(=O)NC1CCCCC1)N(Cc1ccccc1F)C(=O)CN(c1cccc([N+](=O)[O-])c1)S(C)(=O)=O. The number of nitrogens with one attached hydrogen (secondary N) is 1. The van der Waals surface area contributed by atoms with Crippen LogP contribution in [0.15, 0.2) is 48.5 Å². The van der Waals surface area contributed by atoms with Crippen LogP contribution in [0.5, 0.6) is 0 Å². The summed E-state index contributed by atoms with van der Waals surface area (Å²) in [7, 11) is -4.05. The Labute approximate surface area is 215 Å². The topological polar surface area (TPSA) is 130 Å². The van der Waals surface area contributed by atoms with Gasteiger partial charge in [-0.15, -0.1) is 0 Å². The molecule has 0 radical (unpaired) electrons. The third kappa shape index (κ3) is 7.48. The molecule has 1 fully saturated rings. The van der Waals surface area contributed by atoms with E-state index in [1.54, 1.807) is 6.07 Å². The molecule has 3 rings (SSSR count). The summed E-state index contributed by atoms with van der Waals surface area (Å²) in [6.07, 6.45) is 5.61. The summed E-state index contributed by atoms with van der Waals surface area (Å²) < 4.78 is 40.4. The van der Waals surface area contributed by atoms with Gasteiger partial charge in [0.2, 0.25) is 21.8 Å². The lowest BCUT2D eigenvalue weighted by Gasteiger charge is -2.33. The number of rotatable bonds is 10. The number of amides is 2. The molecule has 2 amide bonds. The fraction of sp³-hybridized carbons (Fsp3) is 0.440. The molecular weight excluding hydrogens is 503 g/mol. The van der Waals surface area contributed by atoms with Crippen LogP contribution in [0.2, 0.25) is 0 Å². The first-order valence-corrected chi connectivity index (χ1v) is 13.9. The standard InChI is InChI=1S/C25H31FN4O6S/c1-18(25(32)27-20-10-4-3-5-11-20)28(16-19-9-6-7-14-23(19)26)24(31)17-29(37(2,35)36)21-12-8-13-22(15-21)30(33)34/h6-9,12-15,18,20H,3-5,10-11,16-17H2,1-2H3,(H,27,32)/t18-/m0/s1. The number of anilines is 1. The molecule has 0 bridgehead atoms. The van der Waals surface area contributed by atoms with Crippen molar-refractivity contribution in [2.24, 2.45) is 0 Å². The van der Waals surface area contributed by atoms with E-state index >= 15 is 0 Å². The summed E-state index contributed by atoms with van der Waals surface area (Å²) in [4.78, 5) is 38.3. The van der Waals surface area contributed by atoms with E-state index in [0.717, 1.165) is 53.6 Å². The van der Waals surface area contributed by atoms with Crippen molar-refractivity contribution in [1.82, 2.24) is 10.2 Å². The molecule has 1 aliphatic carbocycles. The zero-order valence-corrected chi connectivity index (χ0v) is 21.6. The van der Waals surface area contributed by atoms with Gasteiger partial charge in [0.25, 0.3) is 5.69 Å². The first-order chi connectivity index (χ1) is 17.5. The number of non-ortho nitro benzene ring substituents is 1. The van der Waals surface area contributed by atoms with E-state index in [2.05, 4.69) is 5.32 Å². The van der Waals surface area contributed by atoms with Crippen molar-refractivity contribution < 1.29 is 27.3 Å². The summed E-state index contributed by atoms with van der Waals surface area (Å²) in [6, 6.07) is 9.66. The Bertz CT molecular complexity index is 1250. The smallest absolute Gasteiger partial charge is 0.271 e. The molecule has 1 aliphatic rings. The first-order valence-electron chi connectivity index (χ1n) is 12.0. The Hall–Kier alpha value is -3.54. The molecule has 1 atom stereocenters. The van der Waals surface area contributed by atoms with Gasteiger partial charge < -0.3 is 10.2 Å². The Kier molecular flexibility index (Phi) is 9.19. The number of nitrogens with zero attached hydrogens (tertiary/aromatic N) is 3. The second-order valence-corrected chi connectivity index (χ2v) is 11.1. The number of hydrogen-bond donors (Lipinski definition) is 1. The highest BCUT2D eigenvalue weighted by atomic mass is 32.2. The highest BCUT2D eigenvalue weighted by molar-refractivity contribution is 7.92. The summed E-state index contributed by atoms with van der Waals surface area (Å²) in [5.74, 6) is -1.75. The number of sulfonamides is 1.